The lowest BCUT2D eigenvalue weighted by Gasteiger charge is -2.19. The average Bonchev–Trinajstić information content (AvgIpc) is 2.89. The molecule has 1 N–H and O–H groups in total. The normalized spacial score (nSPS) is 11.4. The topological polar surface area (TPSA) is 51.2 Å². The minimum Gasteiger partial charge on any atom is -0.444 e. The van der Waals surface area contributed by atoms with Crippen LogP contribution in [0.1, 0.15) is 20.8 Å². The number of benzene rings is 2. The zero-order chi connectivity index (χ0) is 16.4. The summed E-state index contributed by atoms with van der Waals surface area (Å²) in [7, 11) is 0. The van der Waals surface area contributed by atoms with Gasteiger partial charge in [0.15, 0.2) is 0 Å². The number of para-hydroxylation sites is 1. The number of aromatic nitrogens is 1. The highest BCUT2D eigenvalue weighted by atomic mass is 32.1. The maximum Gasteiger partial charge on any atom is 0.412 e. The molecule has 0 atom stereocenters. The summed E-state index contributed by atoms with van der Waals surface area (Å²) in [6.45, 7) is 5.51. The van der Waals surface area contributed by atoms with E-state index in [1.807, 2.05) is 63.2 Å². The summed E-state index contributed by atoms with van der Waals surface area (Å²) < 4.78 is 6.40. The van der Waals surface area contributed by atoms with Gasteiger partial charge < -0.3 is 4.74 Å². The first-order chi connectivity index (χ1) is 10.9. The molecule has 0 aliphatic carbocycles. The van der Waals surface area contributed by atoms with Crippen molar-refractivity contribution < 1.29 is 9.53 Å². The van der Waals surface area contributed by atoms with Crippen LogP contribution in [0.4, 0.5) is 10.5 Å². The monoisotopic (exact) mass is 326 g/mol. The fourth-order valence-electron chi connectivity index (χ4n) is 2.11. The van der Waals surface area contributed by atoms with Gasteiger partial charge in [-0.3, -0.25) is 5.32 Å². The first-order valence-electron chi connectivity index (χ1n) is 7.37. The Hall–Kier alpha value is -2.40. The molecule has 3 aromatic rings. The Morgan fingerprint density at radius 2 is 1.78 bits per heavy atom. The van der Waals surface area contributed by atoms with E-state index in [9.17, 15) is 4.79 Å². The Labute approximate surface area is 139 Å². The maximum absolute atomic E-state index is 11.8. The number of amides is 1. The summed E-state index contributed by atoms with van der Waals surface area (Å²) in [5.74, 6) is 0. The number of anilines is 1. The molecule has 0 bridgehead atoms. The molecule has 0 radical (unpaired) electrons. The first-order valence-corrected chi connectivity index (χ1v) is 8.18. The molecule has 0 unspecified atom stereocenters. The molecule has 1 amide bonds. The minimum absolute atomic E-state index is 0.453. The Morgan fingerprint density at radius 3 is 2.43 bits per heavy atom. The molecule has 0 saturated heterocycles. The van der Waals surface area contributed by atoms with Crippen LogP contribution in [0.2, 0.25) is 0 Å². The SMILES string of the molecule is CC(C)(C)OC(=O)Nc1ccc(-c2nc3ccccc3s2)cc1. The fraction of sp³-hybridized carbons (Fsp3) is 0.222. The van der Waals surface area contributed by atoms with Gasteiger partial charge in [0.25, 0.3) is 0 Å². The van der Waals surface area contributed by atoms with Gasteiger partial charge in [-0.25, -0.2) is 9.78 Å². The molecule has 4 nitrogen and oxygen atoms in total. The number of hydrogen-bond acceptors (Lipinski definition) is 4. The zero-order valence-electron chi connectivity index (χ0n) is 13.3. The quantitative estimate of drug-likeness (QED) is 0.694. The molecule has 3 rings (SSSR count). The van der Waals surface area contributed by atoms with Crippen molar-refractivity contribution in [3.8, 4) is 10.6 Å². The highest BCUT2D eigenvalue weighted by molar-refractivity contribution is 7.21. The molecular formula is C18H18N2O2S. The molecule has 1 aromatic heterocycles. The van der Waals surface area contributed by atoms with Crippen molar-refractivity contribution in [2.75, 3.05) is 5.32 Å². The molecular weight excluding hydrogens is 308 g/mol. The van der Waals surface area contributed by atoms with Crippen molar-refractivity contribution >= 4 is 33.3 Å². The van der Waals surface area contributed by atoms with Crippen LogP contribution in [0, 0.1) is 0 Å². The van der Waals surface area contributed by atoms with Crippen molar-refractivity contribution in [2.45, 2.75) is 26.4 Å². The van der Waals surface area contributed by atoms with Crippen LogP contribution in [0.3, 0.4) is 0 Å². The molecule has 23 heavy (non-hydrogen) atoms. The molecule has 2 aromatic carbocycles. The van der Waals surface area contributed by atoms with E-state index < -0.39 is 11.7 Å². The molecule has 0 aliphatic rings. The van der Waals surface area contributed by atoms with Gasteiger partial charge in [0.1, 0.15) is 10.6 Å². The van der Waals surface area contributed by atoms with Crippen LogP contribution in [-0.4, -0.2) is 16.7 Å². The van der Waals surface area contributed by atoms with Crippen LogP contribution in [-0.2, 0) is 4.74 Å². The highest BCUT2D eigenvalue weighted by Gasteiger charge is 2.16. The number of rotatable bonds is 2. The number of ether oxygens (including phenoxy) is 1. The molecule has 0 aliphatic heterocycles. The number of carbonyl (C=O) groups excluding carboxylic acids is 1. The second-order valence-electron chi connectivity index (χ2n) is 6.19. The number of nitrogens with zero attached hydrogens (tertiary/aromatic N) is 1. The zero-order valence-corrected chi connectivity index (χ0v) is 14.1. The van der Waals surface area contributed by atoms with E-state index in [0.717, 1.165) is 16.1 Å². The Kier molecular flexibility index (Phi) is 4.05. The van der Waals surface area contributed by atoms with Crippen LogP contribution in [0.15, 0.2) is 48.5 Å². The lowest BCUT2D eigenvalue weighted by molar-refractivity contribution is 0.0636. The van der Waals surface area contributed by atoms with Crippen molar-refractivity contribution in [1.29, 1.82) is 0 Å². The van der Waals surface area contributed by atoms with E-state index in [-0.39, 0.29) is 0 Å². The lowest BCUT2D eigenvalue weighted by atomic mass is 10.2. The van der Waals surface area contributed by atoms with E-state index in [1.165, 1.54) is 4.70 Å². The van der Waals surface area contributed by atoms with Gasteiger partial charge in [0.2, 0.25) is 0 Å². The summed E-state index contributed by atoms with van der Waals surface area (Å²) in [4.78, 5) is 16.4. The molecule has 0 spiro atoms. The second kappa shape index (κ2) is 6.01. The lowest BCUT2D eigenvalue weighted by Crippen LogP contribution is -2.27. The summed E-state index contributed by atoms with van der Waals surface area (Å²) in [6.07, 6.45) is -0.453. The van der Waals surface area contributed by atoms with Gasteiger partial charge in [0, 0.05) is 11.3 Å². The van der Waals surface area contributed by atoms with E-state index in [4.69, 9.17) is 4.74 Å². The summed E-state index contributed by atoms with van der Waals surface area (Å²) >= 11 is 1.65. The van der Waals surface area contributed by atoms with E-state index in [2.05, 4.69) is 16.4 Å². The van der Waals surface area contributed by atoms with Crippen LogP contribution in [0.25, 0.3) is 20.8 Å². The van der Waals surface area contributed by atoms with Crippen LogP contribution in [0.5, 0.6) is 0 Å². The van der Waals surface area contributed by atoms with Gasteiger partial charge in [-0.2, -0.15) is 0 Å². The van der Waals surface area contributed by atoms with Crippen molar-refractivity contribution in [1.82, 2.24) is 4.98 Å². The molecule has 0 saturated carbocycles. The predicted molar refractivity (Wildman–Crippen MR) is 94.9 cm³/mol. The Balaban J connectivity index is 1.75. The minimum atomic E-state index is -0.509. The van der Waals surface area contributed by atoms with E-state index in [1.54, 1.807) is 11.3 Å². The average molecular weight is 326 g/mol. The Morgan fingerprint density at radius 1 is 1.09 bits per heavy atom. The second-order valence-corrected chi connectivity index (χ2v) is 7.22. The summed E-state index contributed by atoms with van der Waals surface area (Å²) in [5.41, 5.74) is 2.22. The molecule has 0 fully saturated rings. The predicted octanol–water partition coefficient (Wildman–Crippen LogP) is 5.31. The number of fused-ring (bicyclic) bond motifs is 1. The number of hydrogen-bond donors (Lipinski definition) is 1. The number of nitrogens with one attached hydrogen (secondary N) is 1. The van der Waals surface area contributed by atoms with Gasteiger partial charge >= 0.3 is 6.09 Å². The third kappa shape index (κ3) is 3.87. The van der Waals surface area contributed by atoms with Crippen LogP contribution >= 0.6 is 11.3 Å². The third-order valence-electron chi connectivity index (χ3n) is 3.07. The summed E-state index contributed by atoms with van der Waals surface area (Å²) in [5, 5.41) is 3.69. The smallest absolute Gasteiger partial charge is 0.412 e. The fourth-order valence-corrected chi connectivity index (χ4v) is 3.08. The van der Waals surface area contributed by atoms with Crippen molar-refractivity contribution in [3.05, 3.63) is 48.5 Å². The molecule has 1 heterocycles. The molecule has 5 heteroatoms. The number of carbonyl (C=O) groups is 1. The molecule has 118 valence electrons. The Bertz CT molecular complexity index is 799. The standard InChI is InChI=1S/C18H18N2O2S/c1-18(2,3)22-17(21)19-13-10-8-12(9-11-13)16-20-14-6-4-5-7-15(14)23-16/h4-11H,1-3H3,(H,19,21). The first kappa shape index (κ1) is 15.5. The van der Waals surface area contributed by atoms with Crippen LogP contribution < -0.4 is 5.32 Å². The van der Waals surface area contributed by atoms with Gasteiger partial charge in [-0.15, -0.1) is 11.3 Å². The van der Waals surface area contributed by atoms with Gasteiger partial charge in [-0.1, -0.05) is 12.1 Å². The highest BCUT2D eigenvalue weighted by Crippen LogP contribution is 2.30. The summed E-state index contributed by atoms with van der Waals surface area (Å²) in [6, 6.07) is 15.7. The number of thiazole rings is 1. The van der Waals surface area contributed by atoms with Crippen molar-refractivity contribution in [2.24, 2.45) is 0 Å². The maximum atomic E-state index is 11.8. The van der Waals surface area contributed by atoms with Crippen molar-refractivity contribution in [3.63, 3.8) is 0 Å². The van der Waals surface area contributed by atoms with E-state index >= 15 is 0 Å². The van der Waals surface area contributed by atoms with Gasteiger partial charge in [-0.05, 0) is 57.2 Å². The largest absolute Gasteiger partial charge is 0.444 e. The van der Waals surface area contributed by atoms with E-state index in [0.29, 0.717) is 5.69 Å². The van der Waals surface area contributed by atoms with Gasteiger partial charge in [0.05, 0.1) is 10.2 Å². The third-order valence-corrected chi connectivity index (χ3v) is 4.16.